The number of hydrogen-bond acceptors (Lipinski definition) is 5. The van der Waals surface area contributed by atoms with E-state index in [4.69, 9.17) is 9.47 Å². The van der Waals surface area contributed by atoms with E-state index in [-0.39, 0.29) is 16.4 Å². The Morgan fingerprint density at radius 2 is 1.65 bits per heavy atom. The molecular formula is C16H17NO5S. The van der Waals surface area contributed by atoms with E-state index in [0.717, 1.165) is 0 Å². The summed E-state index contributed by atoms with van der Waals surface area (Å²) in [5, 5.41) is 0. The van der Waals surface area contributed by atoms with E-state index in [1.807, 2.05) is 0 Å². The van der Waals surface area contributed by atoms with Crippen molar-refractivity contribution in [3.63, 3.8) is 0 Å². The lowest BCUT2D eigenvalue weighted by Crippen LogP contribution is -2.15. The van der Waals surface area contributed by atoms with Crippen molar-refractivity contribution < 1.29 is 22.7 Å². The Kier molecular flexibility index (Phi) is 4.90. The maximum absolute atomic E-state index is 12.5. The third kappa shape index (κ3) is 3.62. The number of carbonyl (C=O) groups excluding carboxylic acids is 1. The fourth-order valence-corrected chi connectivity index (χ4v) is 3.16. The summed E-state index contributed by atoms with van der Waals surface area (Å²) in [7, 11) is -0.976. The van der Waals surface area contributed by atoms with Gasteiger partial charge in [-0.05, 0) is 31.2 Å². The van der Waals surface area contributed by atoms with Crippen LogP contribution in [0.5, 0.6) is 11.5 Å². The van der Waals surface area contributed by atoms with Crippen LogP contribution in [0, 0.1) is 0 Å². The Labute approximate surface area is 135 Å². The Hall–Kier alpha value is -2.54. The summed E-state index contributed by atoms with van der Waals surface area (Å²) < 4.78 is 37.7. The van der Waals surface area contributed by atoms with Gasteiger partial charge in [-0.3, -0.25) is 9.52 Å². The van der Waals surface area contributed by atoms with Gasteiger partial charge in [0.2, 0.25) is 0 Å². The van der Waals surface area contributed by atoms with Gasteiger partial charge in [-0.25, -0.2) is 8.42 Å². The predicted octanol–water partition coefficient (Wildman–Crippen LogP) is 2.71. The number of para-hydroxylation sites is 1. The van der Waals surface area contributed by atoms with Gasteiger partial charge in [-0.2, -0.15) is 0 Å². The normalized spacial score (nSPS) is 10.9. The SMILES string of the molecule is COc1ccc(S(=O)(=O)Nc2ccccc2C(C)=O)cc1OC. The molecule has 7 heteroatoms. The van der Waals surface area contributed by atoms with Crippen LogP contribution >= 0.6 is 0 Å². The van der Waals surface area contributed by atoms with Crippen LogP contribution in [0.25, 0.3) is 0 Å². The first-order valence-corrected chi connectivity index (χ1v) is 8.22. The minimum Gasteiger partial charge on any atom is -0.493 e. The quantitative estimate of drug-likeness (QED) is 0.821. The summed E-state index contributed by atoms with van der Waals surface area (Å²) >= 11 is 0. The molecule has 1 N–H and O–H groups in total. The Morgan fingerprint density at radius 3 is 2.26 bits per heavy atom. The molecule has 0 heterocycles. The number of sulfonamides is 1. The average Bonchev–Trinajstić information content (AvgIpc) is 2.54. The zero-order chi connectivity index (χ0) is 17.0. The lowest BCUT2D eigenvalue weighted by molar-refractivity contribution is 0.101. The van der Waals surface area contributed by atoms with Crippen LogP contribution in [0.2, 0.25) is 0 Å². The molecule has 0 unspecified atom stereocenters. The van der Waals surface area contributed by atoms with Crippen molar-refractivity contribution in [3.05, 3.63) is 48.0 Å². The molecule has 0 saturated heterocycles. The van der Waals surface area contributed by atoms with Gasteiger partial charge in [0.1, 0.15) is 0 Å². The number of carbonyl (C=O) groups is 1. The third-order valence-electron chi connectivity index (χ3n) is 3.22. The van der Waals surface area contributed by atoms with Gasteiger partial charge in [0.05, 0.1) is 24.8 Å². The summed E-state index contributed by atoms with van der Waals surface area (Å²) in [6.07, 6.45) is 0. The van der Waals surface area contributed by atoms with Crippen molar-refractivity contribution in [2.45, 2.75) is 11.8 Å². The molecule has 0 aliphatic rings. The average molecular weight is 335 g/mol. The number of hydrogen-bond donors (Lipinski definition) is 1. The second-order valence-electron chi connectivity index (χ2n) is 4.72. The van der Waals surface area contributed by atoms with Crippen LogP contribution in [0.15, 0.2) is 47.4 Å². The number of nitrogens with one attached hydrogen (secondary N) is 1. The third-order valence-corrected chi connectivity index (χ3v) is 4.58. The highest BCUT2D eigenvalue weighted by atomic mass is 32.2. The van der Waals surface area contributed by atoms with Crippen LogP contribution in [-0.2, 0) is 10.0 Å². The molecule has 0 aliphatic carbocycles. The second kappa shape index (κ2) is 6.70. The molecule has 0 aliphatic heterocycles. The number of benzene rings is 2. The maximum atomic E-state index is 12.5. The summed E-state index contributed by atoms with van der Waals surface area (Å²) in [6, 6.07) is 10.7. The smallest absolute Gasteiger partial charge is 0.262 e. The van der Waals surface area contributed by atoms with E-state index in [9.17, 15) is 13.2 Å². The molecule has 0 amide bonds. The highest BCUT2D eigenvalue weighted by Crippen LogP contribution is 2.30. The van der Waals surface area contributed by atoms with Gasteiger partial charge in [-0.1, -0.05) is 12.1 Å². The van der Waals surface area contributed by atoms with Crippen LogP contribution in [0.1, 0.15) is 17.3 Å². The van der Waals surface area contributed by atoms with Crippen LogP contribution in [-0.4, -0.2) is 28.4 Å². The van der Waals surface area contributed by atoms with Gasteiger partial charge in [0, 0.05) is 11.6 Å². The molecule has 23 heavy (non-hydrogen) atoms. The highest BCUT2D eigenvalue weighted by Gasteiger charge is 2.19. The maximum Gasteiger partial charge on any atom is 0.262 e. The van der Waals surface area contributed by atoms with Crippen LogP contribution in [0.4, 0.5) is 5.69 Å². The first kappa shape index (κ1) is 16.8. The largest absolute Gasteiger partial charge is 0.493 e. The van der Waals surface area contributed by atoms with Crippen LogP contribution in [0.3, 0.4) is 0 Å². The summed E-state index contributed by atoms with van der Waals surface area (Å²) in [4.78, 5) is 11.6. The lowest BCUT2D eigenvalue weighted by Gasteiger charge is -2.13. The van der Waals surface area contributed by atoms with E-state index < -0.39 is 10.0 Å². The Bertz CT molecular complexity index is 830. The first-order valence-electron chi connectivity index (χ1n) is 6.74. The Morgan fingerprint density at radius 1 is 1.00 bits per heavy atom. The van der Waals surface area contributed by atoms with Crippen molar-refractivity contribution in [2.75, 3.05) is 18.9 Å². The van der Waals surface area contributed by atoms with E-state index in [0.29, 0.717) is 17.1 Å². The molecule has 0 atom stereocenters. The Balaban J connectivity index is 2.42. The van der Waals surface area contributed by atoms with E-state index in [1.54, 1.807) is 18.2 Å². The fourth-order valence-electron chi connectivity index (χ4n) is 2.07. The number of Topliss-reactive ketones (excluding diaryl/α,β-unsaturated/α-hetero) is 1. The summed E-state index contributed by atoms with van der Waals surface area (Å²) in [5.41, 5.74) is 0.534. The molecule has 2 rings (SSSR count). The van der Waals surface area contributed by atoms with Crippen molar-refractivity contribution in [3.8, 4) is 11.5 Å². The molecule has 0 radical (unpaired) electrons. The fraction of sp³-hybridized carbons (Fsp3) is 0.188. The monoisotopic (exact) mass is 335 g/mol. The summed E-state index contributed by atoms with van der Waals surface area (Å²) in [5.74, 6) is 0.501. The zero-order valence-corrected chi connectivity index (χ0v) is 13.8. The lowest BCUT2D eigenvalue weighted by atomic mass is 10.1. The molecule has 6 nitrogen and oxygen atoms in total. The minimum atomic E-state index is -3.86. The molecule has 0 spiro atoms. The molecule has 0 fully saturated rings. The molecule has 0 aromatic heterocycles. The zero-order valence-electron chi connectivity index (χ0n) is 13.0. The highest BCUT2D eigenvalue weighted by molar-refractivity contribution is 7.92. The molecule has 122 valence electrons. The van der Waals surface area contributed by atoms with Crippen molar-refractivity contribution >= 4 is 21.5 Å². The predicted molar refractivity (Wildman–Crippen MR) is 86.8 cm³/mol. The van der Waals surface area contributed by atoms with Gasteiger partial charge in [0.15, 0.2) is 17.3 Å². The molecule has 0 bridgehead atoms. The number of methoxy groups -OCH3 is 2. The van der Waals surface area contributed by atoms with Crippen LogP contribution < -0.4 is 14.2 Å². The van der Waals surface area contributed by atoms with Gasteiger partial charge < -0.3 is 9.47 Å². The van der Waals surface area contributed by atoms with Crippen molar-refractivity contribution in [1.29, 1.82) is 0 Å². The second-order valence-corrected chi connectivity index (χ2v) is 6.41. The molecule has 0 saturated carbocycles. The first-order chi connectivity index (χ1) is 10.9. The van der Waals surface area contributed by atoms with Crippen molar-refractivity contribution in [1.82, 2.24) is 0 Å². The topological polar surface area (TPSA) is 81.7 Å². The minimum absolute atomic E-state index is 0.00788. The van der Waals surface area contributed by atoms with E-state index >= 15 is 0 Å². The van der Waals surface area contributed by atoms with Gasteiger partial charge in [-0.15, -0.1) is 0 Å². The molecule has 2 aromatic rings. The molecule has 2 aromatic carbocycles. The van der Waals surface area contributed by atoms with Gasteiger partial charge in [0.25, 0.3) is 10.0 Å². The van der Waals surface area contributed by atoms with Crippen molar-refractivity contribution in [2.24, 2.45) is 0 Å². The number of rotatable bonds is 6. The summed E-state index contributed by atoms with van der Waals surface area (Å²) in [6.45, 7) is 1.38. The van der Waals surface area contributed by atoms with E-state index in [1.165, 1.54) is 45.4 Å². The standard InChI is InChI=1S/C16H17NO5S/c1-11(18)13-6-4-5-7-14(13)17-23(19,20)12-8-9-15(21-2)16(10-12)22-3/h4-10,17H,1-3H3. The van der Waals surface area contributed by atoms with Gasteiger partial charge >= 0.3 is 0 Å². The number of ether oxygens (including phenoxy) is 2. The number of anilines is 1. The number of ketones is 1. The van der Waals surface area contributed by atoms with E-state index in [2.05, 4.69) is 4.72 Å². The molecular weight excluding hydrogens is 318 g/mol.